The Hall–Kier alpha value is -2.47. The average molecular weight is 351 g/mol. The molecular weight excluding hydrogens is 326 g/mol. The zero-order valence-electron chi connectivity index (χ0n) is 15.2. The maximum absolute atomic E-state index is 5.68. The molecular formula is C20H25N5O. The van der Waals surface area contributed by atoms with Gasteiger partial charge in [-0.1, -0.05) is 42.4 Å². The summed E-state index contributed by atoms with van der Waals surface area (Å²) in [5.74, 6) is 1.04. The van der Waals surface area contributed by atoms with Gasteiger partial charge >= 0.3 is 0 Å². The zero-order valence-corrected chi connectivity index (χ0v) is 15.2. The number of hydrogen-bond acceptors (Lipinski definition) is 6. The van der Waals surface area contributed by atoms with Crippen molar-refractivity contribution in [2.24, 2.45) is 5.16 Å². The van der Waals surface area contributed by atoms with Crippen molar-refractivity contribution >= 4 is 11.5 Å². The third-order valence-electron chi connectivity index (χ3n) is 5.07. The van der Waals surface area contributed by atoms with Crippen LogP contribution in [-0.2, 0) is 11.3 Å². The van der Waals surface area contributed by atoms with E-state index >= 15 is 0 Å². The van der Waals surface area contributed by atoms with E-state index in [1.165, 1.54) is 0 Å². The predicted octanol–water partition coefficient (Wildman–Crippen LogP) is 2.35. The van der Waals surface area contributed by atoms with E-state index in [2.05, 4.69) is 50.0 Å². The van der Waals surface area contributed by atoms with Crippen molar-refractivity contribution in [3.05, 3.63) is 54.0 Å². The Kier molecular flexibility index (Phi) is 5.11. The molecule has 1 aromatic heterocycles. The van der Waals surface area contributed by atoms with Crippen molar-refractivity contribution in [3.63, 3.8) is 0 Å². The van der Waals surface area contributed by atoms with Crippen molar-refractivity contribution in [3.8, 4) is 0 Å². The highest BCUT2D eigenvalue weighted by Crippen LogP contribution is 2.19. The molecule has 1 aromatic carbocycles. The lowest BCUT2D eigenvalue weighted by Gasteiger charge is -2.36. The van der Waals surface area contributed by atoms with Gasteiger partial charge in [0, 0.05) is 50.9 Å². The van der Waals surface area contributed by atoms with Gasteiger partial charge in [0.2, 0.25) is 0 Å². The number of oxime groups is 1. The Morgan fingerprint density at radius 2 is 1.88 bits per heavy atom. The largest absolute Gasteiger partial charge is 0.390 e. The summed E-state index contributed by atoms with van der Waals surface area (Å²) in [6, 6.07) is 12.4. The van der Waals surface area contributed by atoms with Crippen molar-refractivity contribution < 1.29 is 4.84 Å². The summed E-state index contributed by atoms with van der Waals surface area (Å²) < 4.78 is 0. The lowest BCUT2D eigenvalue weighted by Crippen LogP contribution is -2.48. The summed E-state index contributed by atoms with van der Waals surface area (Å²) in [7, 11) is 0. The lowest BCUT2D eigenvalue weighted by molar-refractivity contribution is 0.0510. The highest BCUT2D eigenvalue weighted by Gasteiger charge is 2.26. The molecule has 4 rings (SSSR count). The average Bonchev–Trinajstić information content (AvgIpc) is 3.18. The molecule has 6 heteroatoms. The van der Waals surface area contributed by atoms with Gasteiger partial charge < -0.3 is 9.74 Å². The fourth-order valence-electron chi connectivity index (χ4n) is 3.53. The number of rotatable bonds is 5. The van der Waals surface area contributed by atoms with E-state index in [1.54, 1.807) is 6.33 Å². The molecule has 0 radical (unpaired) electrons. The molecule has 1 fully saturated rings. The Balaban J connectivity index is 1.27. The number of aromatic nitrogens is 2. The number of piperazine rings is 1. The number of aryl methyl sites for hydroxylation is 1. The van der Waals surface area contributed by atoms with Crippen LogP contribution in [0.4, 0.5) is 5.82 Å². The monoisotopic (exact) mass is 351 g/mol. The minimum Gasteiger partial charge on any atom is -0.390 e. The Morgan fingerprint density at radius 1 is 1.08 bits per heavy atom. The number of nitrogens with zero attached hydrogens (tertiary/aromatic N) is 5. The van der Waals surface area contributed by atoms with Gasteiger partial charge in [-0.05, 0) is 12.0 Å². The van der Waals surface area contributed by atoms with Crippen LogP contribution in [0.25, 0.3) is 0 Å². The number of hydrogen-bond donors (Lipinski definition) is 0. The molecule has 6 nitrogen and oxygen atoms in total. The van der Waals surface area contributed by atoms with Crippen LogP contribution in [-0.4, -0.2) is 59.4 Å². The normalized spacial score (nSPS) is 20.7. The second-order valence-electron chi connectivity index (χ2n) is 6.84. The van der Waals surface area contributed by atoms with E-state index in [4.69, 9.17) is 4.84 Å². The Bertz CT molecular complexity index is 756. The summed E-state index contributed by atoms with van der Waals surface area (Å²) in [6.07, 6.45) is 3.66. The first-order valence-electron chi connectivity index (χ1n) is 9.38. The molecule has 2 aliphatic rings. The molecule has 1 atom stereocenters. The summed E-state index contributed by atoms with van der Waals surface area (Å²) in [6.45, 7) is 7.06. The van der Waals surface area contributed by atoms with Crippen molar-refractivity contribution in [1.82, 2.24) is 14.9 Å². The summed E-state index contributed by atoms with van der Waals surface area (Å²) in [5.41, 5.74) is 3.32. The first-order valence-corrected chi connectivity index (χ1v) is 9.38. The van der Waals surface area contributed by atoms with Crippen LogP contribution in [0.5, 0.6) is 0 Å². The van der Waals surface area contributed by atoms with Crippen molar-refractivity contribution in [2.75, 3.05) is 37.6 Å². The fraction of sp³-hybridized carbons (Fsp3) is 0.450. The molecule has 0 aliphatic carbocycles. The van der Waals surface area contributed by atoms with Gasteiger partial charge in [-0.2, -0.15) is 0 Å². The van der Waals surface area contributed by atoms with Gasteiger partial charge in [-0.3, -0.25) is 4.90 Å². The minimum absolute atomic E-state index is 0.155. The maximum atomic E-state index is 5.68. The van der Waals surface area contributed by atoms with E-state index in [1.807, 2.05) is 18.2 Å². The predicted molar refractivity (Wildman–Crippen MR) is 103 cm³/mol. The molecule has 26 heavy (non-hydrogen) atoms. The molecule has 0 spiro atoms. The highest BCUT2D eigenvalue weighted by atomic mass is 16.6. The van der Waals surface area contributed by atoms with Crippen LogP contribution in [0.15, 0.2) is 47.9 Å². The number of anilines is 1. The van der Waals surface area contributed by atoms with E-state index < -0.39 is 0 Å². The van der Waals surface area contributed by atoms with Crippen molar-refractivity contribution in [1.29, 1.82) is 0 Å². The molecule has 0 unspecified atom stereocenters. The Morgan fingerprint density at radius 3 is 2.65 bits per heavy atom. The summed E-state index contributed by atoms with van der Waals surface area (Å²) >= 11 is 0. The molecule has 2 aromatic rings. The van der Waals surface area contributed by atoms with Gasteiger partial charge in [-0.15, -0.1) is 0 Å². The Labute approximate surface area is 154 Å². The smallest absolute Gasteiger partial charge is 0.145 e. The lowest BCUT2D eigenvalue weighted by atomic mass is 10.0. The second kappa shape index (κ2) is 7.83. The van der Waals surface area contributed by atoms with Gasteiger partial charge in [0.25, 0.3) is 0 Å². The van der Waals surface area contributed by atoms with E-state index in [-0.39, 0.29) is 6.10 Å². The van der Waals surface area contributed by atoms with Gasteiger partial charge in [0.15, 0.2) is 0 Å². The van der Waals surface area contributed by atoms with Crippen LogP contribution in [0.1, 0.15) is 24.6 Å². The maximum Gasteiger partial charge on any atom is 0.145 e. The number of benzene rings is 1. The van der Waals surface area contributed by atoms with Gasteiger partial charge in [-0.25, -0.2) is 9.97 Å². The first-order chi connectivity index (χ1) is 12.8. The fourth-order valence-corrected chi connectivity index (χ4v) is 3.53. The standard InChI is InChI=1S/C20H25N5O/c1-2-17-12-20(22-15-21-17)25-10-8-24(9-11-25)14-18-13-19(23-26-18)16-6-4-3-5-7-16/h3-7,12,15,18H,2,8-11,13-14H2,1H3/t18-/m1/s1. The van der Waals surface area contributed by atoms with E-state index in [9.17, 15) is 0 Å². The van der Waals surface area contributed by atoms with Crippen LogP contribution in [0, 0.1) is 0 Å². The summed E-state index contributed by atoms with van der Waals surface area (Å²) in [5, 5.41) is 4.30. The second-order valence-corrected chi connectivity index (χ2v) is 6.84. The topological polar surface area (TPSA) is 53.9 Å². The van der Waals surface area contributed by atoms with Crippen molar-refractivity contribution in [2.45, 2.75) is 25.9 Å². The first kappa shape index (κ1) is 17.0. The molecule has 136 valence electrons. The van der Waals surface area contributed by atoms with Crippen LogP contribution < -0.4 is 4.90 Å². The quantitative estimate of drug-likeness (QED) is 0.828. The minimum atomic E-state index is 0.155. The zero-order chi connectivity index (χ0) is 17.8. The molecule has 0 N–H and O–H groups in total. The molecule has 1 saturated heterocycles. The summed E-state index contributed by atoms with van der Waals surface area (Å²) in [4.78, 5) is 19.2. The highest BCUT2D eigenvalue weighted by molar-refractivity contribution is 6.01. The molecule has 0 saturated carbocycles. The van der Waals surface area contributed by atoms with E-state index in [0.717, 1.165) is 68.4 Å². The third-order valence-corrected chi connectivity index (χ3v) is 5.07. The third kappa shape index (κ3) is 3.85. The van der Waals surface area contributed by atoms with Crippen LogP contribution >= 0.6 is 0 Å². The molecule has 0 bridgehead atoms. The SMILES string of the molecule is CCc1cc(N2CCN(C[C@H]3CC(c4ccccc4)=NO3)CC2)ncn1. The molecule has 0 amide bonds. The van der Waals surface area contributed by atoms with Crippen LogP contribution in [0.3, 0.4) is 0 Å². The van der Waals surface area contributed by atoms with Gasteiger partial charge in [0.05, 0.1) is 5.71 Å². The van der Waals surface area contributed by atoms with Crippen LogP contribution in [0.2, 0.25) is 0 Å². The van der Waals surface area contributed by atoms with E-state index in [0.29, 0.717) is 0 Å². The molecule has 2 aliphatic heterocycles. The van der Waals surface area contributed by atoms with Gasteiger partial charge in [0.1, 0.15) is 18.2 Å². The molecule has 3 heterocycles.